The first-order valence-electron chi connectivity index (χ1n) is 18.1. The monoisotopic (exact) mass is 848 g/mol. The van der Waals surface area contributed by atoms with Crippen LogP contribution in [0, 0.1) is 0 Å². The Kier molecular flexibility index (Phi) is 10.9. The van der Waals surface area contributed by atoms with Crippen molar-refractivity contribution < 1.29 is 18.9 Å². The van der Waals surface area contributed by atoms with E-state index in [1.807, 2.05) is 133 Å². The molecule has 1 aliphatic rings. The predicted molar refractivity (Wildman–Crippen MR) is 234 cm³/mol. The molecule has 0 saturated heterocycles. The van der Waals surface area contributed by atoms with E-state index in [4.69, 9.17) is 70.3 Å². The first-order chi connectivity index (χ1) is 28.2. The number of hydrogen-bond acceptors (Lipinski definition) is 7. The van der Waals surface area contributed by atoms with Crippen LogP contribution in [-0.2, 0) is 5.79 Å². The zero-order valence-corrected chi connectivity index (χ0v) is 34.8. The number of methoxy groups -OCH3 is 4. The van der Waals surface area contributed by atoms with E-state index >= 15 is 0 Å². The SMILES string of the molecule is COc1ccc(C2=C(c3ccccc3Cl)NC(c3ccccc3Cl)(n3c(-c4ccccc4Cl)nc(-c4ccccc4Cl)c3-c3ccc(OC)c(OC)c3)N2)cc1OC. The van der Waals surface area contributed by atoms with Crippen LogP contribution in [0.25, 0.3) is 45.3 Å². The summed E-state index contributed by atoms with van der Waals surface area (Å²) in [5, 5.41) is 9.85. The molecular formula is C46H36Cl4N4O4. The van der Waals surface area contributed by atoms with Crippen LogP contribution < -0.4 is 29.6 Å². The summed E-state index contributed by atoms with van der Waals surface area (Å²) in [6.45, 7) is 0. The lowest BCUT2D eigenvalue weighted by Crippen LogP contribution is -2.54. The molecule has 7 aromatic rings. The van der Waals surface area contributed by atoms with Gasteiger partial charge in [-0.15, -0.1) is 0 Å². The number of aromatic nitrogens is 2. The van der Waals surface area contributed by atoms with Crippen molar-refractivity contribution in [3.8, 4) is 56.9 Å². The summed E-state index contributed by atoms with van der Waals surface area (Å²) in [7, 11) is 6.41. The Bertz CT molecular complexity index is 2720. The fourth-order valence-corrected chi connectivity index (χ4v) is 8.32. The zero-order chi connectivity index (χ0) is 40.6. The van der Waals surface area contributed by atoms with Gasteiger partial charge in [-0.2, -0.15) is 0 Å². The third kappa shape index (κ3) is 6.76. The number of nitrogens with one attached hydrogen (secondary N) is 2. The lowest BCUT2D eigenvalue weighted by molar-refractivity contribution is 0.306. The number of benzene rings is 6. The molecule has 1 aliphatic heterocycles. The van der Waals surface area contributed by atoms with Crippen molar-refractivity contribution in [2.24, 2.45) is 0 Å². The fraction of sp³-hybridized carbons (Fsp3) is 0.109. The van der Waals surface area contributed by atoms with E-state index in [0.717, 1.165) is 16.7 Å². The minimum Gasteiger partial charge on any atom is -0.493 e. The van der Waals surface area contributed by atoms with Crippen molar-refractivity contribution in [1.29, 1.82) is 0 Å². The Balaban J connectivity index is 1.55. The van der Waals surface area contributed by atoms with Crippen LogP contribution in [-0.4, -0.2) is 38.0 Å². The van der Waals surface area contributed by atoms with E-state index in [1.165, 1.54) is 0 Å². The van der Waals surface area contributed by atoms with Gasteiger partial charge in [-0.25, -0.2) is 4.98 Å². The summed E-state index contributed by atoms with van der Waals surface area (Å²) >= 11 is 28.6. The van der Waals surface area contributed by atoms with Gasteiger partial charge in [-0.1, -0.05) is 113 Å². The number of halogens is 4. The summed E-state index contributed by atoms with van der Waals surface area (Å²) in [6.07, 6.45) is 0. The molecule has 0 bridgehead atoms. The lowest BCUT2D eigenvalue weighted by atomic mass is 10.0. The Morgan fingerprint density at radius 1 is 0.483 bits per heavy atom. The van der Waals surface area contributed by atoms with Gasteiger partial charge in [-0.05, 0) is 66.7 Å². The first kappa shape index (κ1) is 39.1. The summed E-state index contributed by atoms with van der Waals surface area (Å²) in [5.74, 6) is 1.23. The van der Waals surface area contributed by atoms with Gasteiger partial charge >= 0.3 is 0 Å². The number of nitrogens with zero attached hydrogens (tertiary/aromatic N) is 2. The Morgan fingerprint density at radius 2 is 0.948 bits per heavy atom. The Labute approximate surface area is 356 Å². The standard InChI is InChI=1S/C46H36Cl4N4O4/c1-55-37-23-21-27(25-39(37)57-3)41-42(29-13-5-9-17-33(29)47)53-46(52-41,32-16-8-12-20-36(32)50)54-44(28-22-24-38(56-2)40(26-28)58-4)43(30-14-6-10-18-34(30)48)51-45(54)31-15-7-11-19-35(31)49/h5-26,52-53H,1-4H3. The molecule has 1 aromatic heterocycles. The van der Waals surface area contributed by atoms with Gasteiger partial charge in [0.1, 0.15) is 5.82 Å². The average Bonchev–Trinajstić information content (AvgIpc) is 3.84. The van der Waals surface area contributed by atoms with E-state index in [0.29, 0.717) is 88.4 Å². The Hall–Kier alpha value is -5.77. The predicted octanol–water partition coefficient (Wildman–Crippen LogP) is 11.9. The zero-order valence-electron chi connectivity index (χ0n) is 31.7. The molecule has 0 spiro atoms. The molecule has 2 N–H and O–H groups in total. The average molecular weight is 851 g/mol. The van der Waals surface area contributed by atoms with Crippen molar-refractivity contribution in [2.45, 2.75) is 5.79 Å². The molecule has 0 aliphatic carbocycles. The molecule has 12 heteroatoms. The number of hydrogen-bond donors (Lipinski definition) is 2. The minimum absolute atomic E-state index is 0.464. The van der Waals surface area contributed by atoms with Gasteiger partial charge in [0.2, 0.25) is 5.79 Å². The summed E-state index contributed by atoms with van der Waals surface area (Å²) in [4.78, 5) is 5.47. The summed E-state index contributed by atoms with van der Waals surface area (Å²) in [5.41, 5.74) is 6.81. The van der Waals surface area contributed by atoms with Crippen molar-refractivity contribution >= 4 is 57.8 Å². The molecular weight excluding hydrogens is 814 g/mol. The topological polar surface area (TPSA) is 78.8 Å². The normalized spacial score (nSPS) is 14.8. The molecule has 58 heavy (non-hydrogen) atoms. The van der Waals surface area contributed by atoms with Gasteiger partial charge in [0, 0.05) is 38.4 Å². The lowest BCUT2D eigenvalue weighted by Gasteiger charge is -2.37. The maximum absolute atomic E-state index is 7.34. The molecule has 8 rings (SSSR count). The van der Waals surface area contributed by atoms with E-state index in [1.54, 1.807) is 28.4 Å². The van der Waals surface area contributed by atoms with Crippen LogP contribution in [0.1, 0.15) is 16.7 Å². The second-order valence-corrected chi connectivity index (χ2v) is 14.9. The summed E-state index contributed by atoms with van der Waals surface area (Å²) < 4.78 is 25.1. The third-order valence-electron chi connectivity index (χ3n) is 10.1. The van der Waals surface area contributed by atoms with E-state index < -0.39 is 5.79 Å². The molecule has 2 heterocycles. The van der Waals surface area contributed by atoms with Gasteiger partial charge in [0.05, 0.1) is 66.3 Å². The van der Waals surface area contributed by atoms with Crippen LogP contribution in [0.5, 0.6) is 23.0 Å². The van der Waals surface area contributed by atoms with Crippen LogP contribution >= 0.6 is 46.4 Å². The highest BCUT2D eigenvalue weighted by atomic mass is 35.5. The van der Waals surface area contributed by atoms with E-state index in [2.05, 4.69) is 15.2 Å². The van der Waals surface area contributed by atoms with Crippen molar-refractivity contribution in [3.63, 3.8) is 0 Å². The highest BCUT2D eigenvalue weighted by Crippen LogP contribution is 2.50. The van der Waals surface area contributed by atoms with Crippen molar-refractivity contribution in [3.05, 3.63) is 170 Å². The van der Waals surface area contributed by atoms with Gasteiger partial charge in [0.15, 0.2) is 23.0 Å². The second-order valence-electron chi connectivity index (χ2n) is 13.2. The van der Waals surface area contributed by atoms with Crippen LogP contribution in [0.15, 0.2) is 133 Å². The van der Waals surface area contributed by atoms with Crippen LogP contribution in [0.2, 0.25) is 20.1 Å². The largest absolute Gasteiger partial charge is 0.493 e. The highest BCUT2D eigenvalue weighted by molar-refractivity contribution is 6.34. The van der Waals surface area contributed by atoms with Crippen molar-refractivity contribution in [2.75, 3.05) is 28.4 Å². The quantitative estimate of drug-likeness (QED) is 0.134. The maximum atomic E-state index is 7.34. The number of ether oxygens (including phenoxy) is 4. The first-order valence-corrected chi connectivity index (χ1v) is 19.6. The highest BCUT2D eigenvalue weighted by Gasteiger charge is 2.48. The minimum atomic E-state index is -1.45. The van der Waals surface area contributed by atoms with Gasteiger partial charge in [-0.3, -0.25) is 4.57 Å². The second kappa shape index (κ2) is 16.2. The number of rotatable bonds is 11. The molecule has 0 radical (unpaired) electrons. The summed E-state index contributed by atoms with van der Waals surface area (Å²) in [6, 6.07) is 41.9. The Morgan fingerprint density at radius 3 is 1.50 bits per heavy atom. The van der Waals surface area contributed by atoms with Crippen LogP contribution in [0.4, 0.5) is 0 Å². The van der Waals surface area contributed by atoms with Gasteiger partial charge in [0.25, 0.3) is 0 Å². The van der Waals surface area contributed by atoms with Gasteiger partial charge < -0.3 is 29.6 Å². The number of imidazole rings is 1. The molecule has 292 valence electrons. The van der Waals surface area contributed by atoms with E-state index in [9.17, 15) is 0 Å². The van der Waals surface area contributed by atoms with Crippen LogP contribution in [0.3, 0.4) is 0 Å². The molecule has 1 unspecified atom stereocenters. The van der Waals surface area contributed by atoms with Crippen molar-refractivity contribution in [1.82, 2.24) is 20.2 Å². The van der Waals surface area contributed by atoms with E-state index in [-0.39, 0.29) is 0 Å². The molecule has 0 fully saturated rings. The molecule has 6 aromatic carbocycles. The molecule has 8 nitrogen and oxygen atoms in total. The fourth-order valence-electron chi connectivity index (χ4n) is 7.37. The molecule has 0 saturated carbocycles. The maximum Gasteiger partial charge on any atom is 0.222 e. The smallest absolute Gasteiger partial charge is 0.222 e. The molecule has 0 amide bonds. The third-order valence-corrected chi connectivity index (χ3v) is 11.4. The molecule has 1 atom stereocenters.